The van der Waals surface area contributed by atoms with E-state index in [9.17, 15) is 4.79 Å². The molecular weight excluding hydrogens is 290 g/mol. The summed E-state index contributed by atoms with van der Waals surface area (Å²) in [4.78, 5) is 11.9. The molecule has 1 N–H and O–H groups in total. The summed E-state index contributed by atoms with van der Waals surface area (Å²) in [6, 6.07) is 6.00. The second-order valence-corrected chi connectivity index (χ2v) is 6.07. The van der Waals surface area contributed by atoms with Crippen molar-refractivity contribution in [2.45, 2.75) is 45.4 Å². The number of carbonyl (C=O) groups excluding carboxylic acids is 1. The monoisotopic (exact) mass is 309 g/mol. The number of carbonyl (C=O) groups is 1. The minimum atomic E-state index is 0.133. The Hall–Kier alpha value is -0.830. The zero-order valence-electron chi connectivity index (χ0n) is 10.8. The number of halogens is 1. The number of hydrogen-bond donors (Lipinski definition) is 1. The van der Waals surface area contributed by atoms with Crippen LogP contribution in [-0.2, 0) is 4.79 Å². The maximum Gasteiger partial charge on any atom is 0.224 e. The van der Waals surface area contributed by atoms with Crippen LogP contribution < -0.4 is 5.32 Å². The van der Waals surface area contributed by atoms with Crippen molar-refractivity contribution in [2.24, 2.45) is 5.92 Å². The van der Waals surface area contributed by atoms with E-state index in [-0.39, 0.29) is 5.91 Å². The normalized spacial score (nSPS) is 15.9. The van der Waals surface area contributed by atoms with E-state index in [0.29, 0.717) is 6.42 Å². The molecule has 0 spiro atoms. The molecule has 0 radical (unpaired) electrons. The third kappa shape index (κ3) is 3.84. The third-order valence-corrected chi connectivity index (χ3v) is 4.34. The molecule has 1 aromatic carbocycles. The highest BCUT2D eigenvalue weighted by Crippen LogP contribution is 2.29. The van der Waals surface area contributed by atoms with Gasteiger partial charge in [-0.15, -0.1) is 0 Å². The van der Waals surface area contributed by atoms with E-state index in [2.05, 4.69) is 21.2 Å². The lowest BCUT2D eigenvalue weighted by Crippen LogP contribution is -2.13. The molecule has 1 aliphatic rings. The third-order valence-electron chi connectivity index (χ3n) is 3.65. The molecule has 0 aliphatic heterocycles. The molecule has 3 heteroatoms. The minimum absolute atomic E-state index is 0.133. The van der Waals surface area contributed by atoms with E-state index in [0.717, 1.165) is 28.1 Å². The molecule has 2 rings (SSSR count). The van der Waals surface area contributed by atoms with Gasteiger partial charge in [0.2, 0.25) is 5.91 Å². The summed E-state index contributed by atoms with van der Waals surface area (Å²) < 4.78 is 0.947. The summed E-state index contributed by atoms with van der Waals surface area (Å²) in [5.41, 5.74) is 2.04. The van der Waals surface area contributed by atoms with E-state index in [1.165, 1.54) is 25.7 Å². The van der Waals surface area contributed by atoms with E-state index in [1.807, 2.05) is 25.1 Å². The Morgan fingerprint density at radius 3 is 2.83 bits per heavy atom. The van der Waals surface area contributed by atoms with Crippen molar-refractivity contribution in [1.82, 2.24) is 0 Å². The van der Waals surface area contributed by atoms with Gasteiger partial charge in [-0.25, -0.2) is 0 Å². The first kappa shape index (κ1) is 13.6. The molecule has 0 bridgehead atoms. The zero-order chi connectivity index (χ0) is 13.0. The highest BCUT2D eigenvalue weighted by Gasteiger charge is 2.16. The number of aryl methyl sites for hydroxylation is 1. The van der Waals surface area contributed by atoms with Gasteiger partial charge in [0.1, 0.15) is 0 Å². The molecule has 2 nitrogen and oxygen atoms in total. The van der Waals surface area contributed by atoms with Crippen LogP contribution in [0.1, 0.15) is 44.1 Å². The largest absolute Gasteiger partial charge is 0.325 e. The van der Waals surface area contributed by atoms with Crippen LogP contribution in [0.15, 0.2) is 22.7 Å². The van der Waals surface area contributed by atoms with Gasteiger partial charge >= 0.3 is 0 Å². The van der Waals surface area contributed by atoms with Crippen LogP contribution in [0.25, 0.3) is 0 Å². The van der Waals surface area contributed by atoms with Crippen molar-refractivity contribution in [1.29, 1.82) is 0 Å². The van der Waals surface area contributed by atoms with Crippen LogP contribution in [0.4, 0.5) is 5.69 Å². The second kappa shape index (κ2) is 6.37. The van der Waals surface area contributed by atoms with E-state index >= 15 is 0 Å². The molecule has 1 aromatic rings. The molecular formula is C15H20BrNO. The number of amides is 1. The highest BCUT2D eigenvalue weighted by molar-refractivity contribution is 9.10. The van der Waals surface area contributed by atoms with Gasteiger partial charge < -0.3 is 5.32 Å². The van der Waals surface area contributed by atoms with Gasteiger partial charge in [-0.3, -0.25) is 4.79 Å². The fourth-order valence-corrected chi connectivity index (χ4v) is 2.93. The molecule has 1 saturated carbocycles. The SMILES string of the molecule is Cc1ccc(Br)c(NC(=O)CCC2CCCC2)c1. The Morgan fingerprint density at radius 1 is 1.39 bits per heavy atom. The van der Waals surface area contributed by atoms with Crippen molar-refractivity contribution in [3.8, 4) is 0 Å². The number of hydrogen-bond acceptors (Lipinski definition) is 1. The Morgan fingerprint density at radius 2 is 2.11 bits per heavy atom. The fraction of sp³-hybridized carbons (Fsp3) is 0.533. The lowest BCUT2D eigenvalue weighted by Gasteiger charge is -2.10. The second-order valence-electron chi connectivity index (χ2n) is 5.22. The van der Waals surface area contributed by atoms with Crippen LogP contribution in [0.3, 0.4) is 0 Å². The van der Waals surface area contributed by atoms with Gasteiger partial charge in [-0.05, 0) is 52.9 Å². The van der Waals surface area contributed by atoms with Gasteiger partial charge in [-0.2, -0.15) is 0 Å². The first-order valence-electron chi connectivity index (χ1n) is 6.71. The van der Waals surface area contributed by atoms with Gasteiger partial charge in [0, 0.05) is 10.9 Å². The number of rotatable bonds is 4. The topological polar surface area (TPSA) is 29.1 Å². The molecule has 1 aliphatic carbocycles. The lowest BCUT2D eigenvalue weighted by atomic mass is 10.0. The van der Waals surface area contributed by atoms with Gasteiger partial charge in [0.25, 0.3) is 0 Å². The van der Waals surface area contributed by atoms with Crippen LogP contribution in [0, 0.1) is 12.8 Å². The van der Waals surface area contributed by atoms with E-state index in [4.69, 9.17) is 0 Å². The van der Waals surface area contributed by atoms with Crippen molar-refractivity contribution in [3.05, 3.63) is 28.2 Å². The van der Waals surface area contributed by atoms with Crippen molar-refractivity contribution < 1.29 is 4.79 Å². The maximum atomic E-state index is 11.9. The summed E-state index contributed by atoms with van der Waals surface area (Å²) >= 11 is 3.46. The molecule has 18 heavy (non-hydrogen) atoms. The highest BCUT2D eigenvalue weighted by atomic mass is 79.9. The Balaban J connectivity index is 1.84. The van der Waals surface area contributed by atoms with E-state index < -0.39 is 0 Å². The first-order valence-corrected chi connectivity index (χ1v) is 7.50. The van der Waals surface area contributed by atoms with Crippen molar-refractivity contribution in [3.63, 3.8) is 0 Å². The molecule has 1 amide bonds. The standard InChI is InChI=1S/C15H20BrNO/c1-11-6-8-13(16)14(10-11)17-15(18)9-7-12-4-2-3-5-12/h6,8,10,12H,2-5,7,9H2,1H3,(H,17,18). The average molecular weight is 310 g/mol. The Kier molecular flexibility index (Phi) is 4.81. The molecule has 0 heterocycles. The van der Waals surface area contributed by atoms with Crippen LogP contribution in [0.5, 0.6) is 0 Å². The van der Waals surface area contributed by atoms with Crippen LogP contribution in [0.2, 0.25) is 0 Å². The molecule has 0 saturated heterocycles. The van der Waals surface area contributed by atoms with Gasteiger partial charge in [0.15, 0.2) is 0 Å². The number of anilines is 1. The summed E-state index contributed by atoms with van der Waals surface area (Å²) in [7, 11) is 0. The molecule has 0 aromatic heterocycles. The van der Waals surface area contributed by atoms with Crippen LogP contribution >= 0.6 is 15.9 Å². The quantitative estimate of drug-likeness (QED) is 0.860. The summed E-state index contributed by atoms with van der Waals surface area (Å²) in [5, 5.41) is 2.99. The Bertz CT molecular complexity index is 425. The number of benzene rings is 1. The molecule has 0 unspecified atom stereocenters. The lowest BCUT2D eigenvalue weighted by molar-refractivity contribution is -0.116. The zero-order valence-corrected chi connectivity index (χ0v) is 12.4. The fourth-order valence-electron chi connectivity index (χ4n) is 2.58. The molecule has 98 valence electrons. The molecule has 1 fully saturated rings. The smallest absolute Gasteiger partial charge is 0.224 e. The Labute approximate surface area is 117 Å². The summed E-state index contributed by atoms with van der Waals surface area (Å²) in [5.74, 6) is 0.907. The first-order chi connectivity index (χ1) is 8.65. The van der Waals surface area contributed by atoms with E-state index in [1.54, 1.807) is 0 Å². The maximum absolute atomic E-state index is 11.9. The summed E-state index contributed by atoms with van der Waals surface area (Å²) in [6.07, 6.45) is 6.98. The minimum Gasteiger partial charge on any atom is -0.325 e. The van der Waals surface area contributed by atoms with Gasteiger partial charge in [-0.1, -0.05) is 31.7 Å². The number of nitrogens with one attached hydrogen (secondary N) is 1. The van der Waals surface area contributed by atoms with Crippen molar-refractivity contribution >= 4 is 27.5 Å². The van der Waals surface area contributed by atoms with Crippen molar-refractivity contribution in [2.75, 3.05) is 5.32 Å². The predicted molar refractivity (Wildman–Crippen MR) is 78.7 cm³/mol. The van der Waals surface area contributed by atoms with Gasteiger partial charge in [0.05, 0.1) is 5.69 Å². The summed E-state index contributed by atoms with van der Waals surface area (Å²) in [6.45, 7) is 2.03. The average Bonchev–Trinajstić information content (AvgIpc) is 2.84. The van der Waals surface area contributed by atoms with Crippen LogP contribution in [-0.4, -0.2) is 5.91 Å². The predicted octanol–water partition coefficient (Wildman–Crippen LogP) is 4.67. The molecule has 0 atom stereocenters.